The van der Waals surface area contributed by atoms with Gasteiger partial charge in [0.25, 0.3) is 0 Å². The first-order valence-electron chi connectivity index (χ1n) is 10.6. The molecule has 1 atom stereocenters. The molecule has 26 heavy (non-hydrogen) atoms. The molecule has 0 aromatic heterocycles. The maximum absolute atomic E-state index is 12.8. The van der Waals surface area contributed by atoms with Crippen LogP contribution in [0.25, 0.3) is 0 Å². The molecule has 0 heterocycles. The van der Waals surface area contributed by atoms with Crippen molar-refractivity contribution in [1.82, 2.24) is 0 Å². The number of hydrogen-bond acceptors (Lipinski definition) is 4. The predicted molar refractivity (Wildman–Crippen MR) is 114 cm³/mol. The molecule has 0 saturated heterocycles. The van der Waals surface area contributed by atoms with E-state index in [1.54, 1.807) is 0 Å². The molecule has 5 nitrogen and oxygen atoms in total. The van der Waals surface area contributed by atoms with Crippen molar-refractivity contribution in [2.45, 2.75) is 91.5 Å². The van der Waals surface area contributed by atoms with Gasteiger partial charge in [-0.1, -0.05) is 0 Å². The minimum atomic E-state index is -2.68. The molecule has 0 aliphatic heterocycles. The number of hydrogen-bond donors (Lipinski definition) is 2. The van der Waals surface area contributed by atoms with Crippen molar-refractivity contribution in [2.24, 2.45) is 11.5 Å². The fourth-order valence-electron chi connectivity index (χ4n) is 3.71. The maximum atomic E-state index is 12.8. The van der Waals surface area contributed by atoms with Crippen LogP contribution in [0.2, 0.25) is 0 Å². The third-order valence-corrected chi connectivity index (χ3v) is 11.9. The van der Waals surface area contributed by atoms with Gasteiger partial charge in [-0.2, -0.15) is 0 Å². The molecule has 4 N–H and O–H groups in total. The summed E-state index contributed by atoms with van der Waals surface area (Å²) in [5, 5.41) is 0. The third-order valence-electron chi connectivity index (χ3n) is 5.38. The molecular formula is C20H43N2O3P. The monoisotopic (exact) mass is 390 g/mol. The number of primary amides is 1. The van der Waals surface area contributed by atoms with Crippen molar-refractivity contribution >= 4 is 18.7 Å². The molecule has 0 radical (unpaired) electrons. The summed E-state index contributed by atoms with van der Waals surface area (Å²) >= 11 is 0. The van der Waals surface area contributed by atoms with Crippen LogP contribution in [0.4, 0.5) is 0 Å². The Kier molecular flexibility index (Phi) is 12.3. The molecular weight excluding hydrogens is 347 g/mol. The molecule has 0 saturated carbocycles. The number of nitrogens with two attached hydrogens (primary N) is 2. The van der Waals surface area contributed by atoms with Gasteiger partial charge in [-0.25, -0.2) is 0 Å². The van der Waals surface area contributed by atoms with Gasteiger partial charge in [0.15, 0.2) is 0 Å². The number of rotatable bonds is 16. The number of carbonyl (C=O) groups excluding carboxylic acids is 2. The molecule has 6 heteroatoms. The molecule has 0 aliphatic rings. The number of carbonyl (C=O) groups is 2. The SMILES string of the molecule is CCCCP(CCCC)(CCCC)(CCCC)OC(=O)[C@H](N)CC(N)=O. The Labute approximate surface area is 161 Å². The van der Waals surface area contributed by atoms with Crippen molar-refractivity contribution in [2.75, 3.05) is 24.6 Å². The van der Waals surface area contributed by atoms with Crippen molar-refractivity contribution in [1.29, 1.82) is 0 Å². The Morgan fingerprint density at radius 1 is 0.808 bits per heavy atom. The fraction of sp³-hybridized carbons (Fsp3) is 0.900. The first-order chi connectivity index (χ1) is 12.3. The van der Waals surface area contributed by atoms with Crippen LogP contribution in [0, 0.1) is 0 Å². The first-order valence-corrected chi connectivity index (χ1v) is 13.5. The zero-order valence-corrected chi connectivity index (χ0v) is 18.5. The quantitative estimate of drug-likeness (QED) is 0.382. The topological polar surface area (TPSA) is 95.4 Å². The van der Waals surface area contributed by atoms with Crippen molar-refractivity contribution < 1.29 is 14.1 Å². The third kappa shape index (κ3) is 8.35. The summed E-state index contributed by atoms with van der Waals surface area (Å²) in [6.45, 7) is 6.06. The predicted octanol–water partition coefficient (Wildman–Crippen LogP) is 4.40. The van der Waals surface area contributed by atoms with Crippen LogP contribution in [0.15, 0.2) is 0 Å². The van der Waals surface area contributed by atoms with Crippen LogP contribution < -0.4 is 11.5 Å². The van der Waals surface area contributed by atoms with E-state index in [0.29, 0.717) is 0 Å². The van der Waals surface area contributed by atoms with E-state index in [0.717, 1.165) is 76.0 Å². The van der Waals surface area contributed by atoms with E-state index in [-0.39, 0.29) is 6.42 Å². The summed E-state index contributed by atoms with van der Waals surface area (Å²) < 4.78 is 6.46. The van der Waals surface area contributed by atoms with E-state index in [4.69, 9.17) is 16.0 Å². The average molecular weight is 391 g/mol. The second-order valence-electron chi connectivity index (χ2n) is 7.85. The van der Waals surface area contributed by atoms with Gasteiger partial charge in [0.05, 0.1) is 0 Å². The van der Waals surface area contributed by atoms with Gasteiger partial charge in [-0.3, -0.25) is 0 Å². The minimum absolute atomic E-state index is 0.144. The molecule has 0 unspecified atom stereocenters. The fourth-order valence-corrected chi connectivity index (χ4v) is 10.5. The first kappa shape index (κ1) is 25.3. The van der Waals surface area contributed by atoms with Gasteiger partial charge in [0.2, 0.25) is 0 Å². The van der Waals surface area contributed by atoms with Crippen LogP contribution in [0.1, 0.15) is 85.5 Å². The van der Waals surface area contributed by atoms with Gasteiger partial charge < -0.3 is 0 Å². The van der Waals surface area contributed by atoms with Gasteiger partial charge in [0, 0.05) is 0 Å². The molecule has 0 aromatic carbocycles. The summed E-state index contributed by atoms with van der Waals surface area (Å²) in [7, 11) is 0. The molecule has 0 aromatic rings. The van der Waals surface area contributed by atoms with Crippen LogP contribution in [0.3, 0.4) is 0 Å². The van der Waals surface area contributed by atoms with E-state index in [1.165, 1.54) is 0 Å². The summed E-state index contributed by atoms with van der Waals surface area (Å²) in [5.74, 6) is -0.972. The van der Waals surface area contributed by atoms with E-state index in [1.807, 2.05) is 0 Å². The number of unbranched alkanes of at least 4 members (excludes halogenated alkanes) is 4. The Morgan fingerprint density at radius 2 is 1.15 bits per heavy atom. The molecule has 0 spiro atoms. The van der Waals surface area contributed by atoms with E-state index < -0.39 is 24.7 Å². The zero-order chi connectivity index (χ0) is 20.1. The zero-order valence-electron chi connectivity index (χ0n) is 17.6. The molecule has 0 aliphatic carbocycles. The van der Waals surface area contributed by atoms with E-state index >= 15 is 0 Å². The van der Waals surface area contributed by atoms with Crippen molar-refractivity contribution in [3.05, 3.63) is 0 Å². The van der Waals surface area contributed by atoms with Crippen molar-refractivity contribution in [3.63, 3.8) is 0 Å². The Morgan fingerprint density at radius 3 is 1.42 bits per heavy atom. The Hall–Kier alpha value is -0.670. The Balaban J connectivity index is 5.82. The molecule has 1 amide bonds. The van der Waals surface area contributed by atoms with Crippen LogP contribution >= 0.6 is 6.83 Å². The van der Waals surface area contributed by atoms with Crippen molar-refractivity contribution in [3.8, 4) is 0 Å². The average Bonchev–Trinajstić information content (AvgIpc) is 2.61. The number of amides is 1. The van der Waals surface area contributed by atoms with E-state index in [2.05, 4.69) is 27.7 Å². The van der Waals surface area contributed by atoms with E-state index in [9.17, 15) is 9.59 Å². The second kappa shape index (κ2) is 12.7. The van der Waals surface area contributed by atoms with Gasteiger partial charge in [0.1, 0.15) is 0 Å². The van der Waals surface area contributed by atoms with Crippen LogP contribution in [-0.2, 0) is 14.1 Å². The molecule has 156 valence electrons. The summed E-state index contributed by atoms with van der Waals surface area (Å²) in [6, 6.07) is -0.944. The van der Waals surface area contributed by atoms with Crippen LogP contribution in [-0.4, -0.2) is 42.6 Å². The van der Waals surface area contributed by atoms with Gasteiger partial charge in [-0.05, 0) is 0 Å². The van der Waals surface area contributed by atoms with Gasteiger partial charge in [-0.15, -0.1) is 0 Å². The Bertz CT molecular complexity index is 386. The van der Waals surface area contributed by atoms with Crippen LogP contribution in [0.5, 0.6) is 0 Å². The van der Waals surface area contributed by atoms with Gasteiger partial charge >= 0.3 is 160 Å². The molecule has 0 bridgehead atoms. The molecule has 0 rings (SSSR count). The second-order valence-corrected chi connectivity index (χ2v) is 13.5. The standard InChI is InChI=1S/C20H43N2O3P/c1-5-9-13-26(14-10-6-2,15-11-7-3,16-12-8-4)25-20(24)18(21)17-19(22)23/h18H,5-17,21H2,1-4H3,(H2,22,23)/t18-/m1/s1. The molecule has 0 fully saturated rings. The summed E-state index contributed by atoms with van der Waals surface area (Å²) in [5.41, 5.74) is 11.2. The normalized spacial score (nSPS) is 14.4. The summed E-state index contributed by atoms with van der Waals surface area (Å²) in [6.07, 6.45) is 12.5. The summed E-state index contributed by atoms with van der Waals surface area (Å²) in [4.78, 5) is 24.0.